The van der Waals surface area contributed by atoms with E-state index in [-0.39, 0.29) is 11.8 Å². The SMILES string of the molecule is COC(=O)C(C)Sc1ncnc2c1nnn2Cc1ccc(F)cc1. The summed E-state index contributed by atoms with van der Waals surface area (Å²) in [5.41, 5.74) is 1.94. The normalized spacial score (nSPS) is 12.3. The molecule has 1 atom stereocenters. The highest BCUT2D eigenvalue weighted by Gasteiger charge is 2.19. The van der Waals surface area contributed by atoms with Gasteiger partial charge in [0.05, 0.1) is 13.7 Å². The van der Waals surface area contributed by atoms with E-state index in [1.54, 1.807) is 23.7 Å². The molecule has 3 aromatic rings. The molecule has 0 fully saturated rings. The van der Waals surface area contributed by atoms with Gasteiger partial charge in [0, 0.05) is 0 Å². The Labute approximate surface area is 141 Å². The van der Waals surface area contributed by atoms with Crippen LogP contribution in [0.2, 0.25) is 0 Å². The minimum atomic E-state index is -0.421. The van der Waals surface area contributed by atoms with Crippen molar-refractivity contribution in [3.8, 4) is 0 Å². The molecule has 24 heavy (non-hydrogen) atoms. The molecular weight excluding hydrogens is 333 g/mol. The summed E-state index contributed by atoms with van der Waals surface area (Å²) < 4.78 is 19.3. The Morgan fingerprint density at radius 2 is 2.08 bits per heavy atom. The number of methoxy groups -OCH3 is 1. The summed E-state index contributed by atoms with van der Waals surface area (Å²) in [4.78, 5) is 20.0. The molecule has 124 valence electrons. The van der Waals surface area contributed by atoms with E-state index in [0.717, 1.165) is 5.56 Å². The van der Waals surface area contributed by atoms with Gasteiger partial charge in [-0.2, -0.15) is 0 Å². The van der Waals surface area contributed by atoms with Crippen molar-refractivity contribution in [2.24, 2.45) is 0 Å². The van der Waals surface area contributed by atoms with Crippen LogP contribution in [-0.4, -0.2) is 43.3 Å². The average Bonchev–Trinajstić information content (AvgIpc) is 3.00. The van der Waals surface area contributed by atoms with Crippen molar-refractivity contribution in [1.29, 1.82) is 0 Å². The molecule has 0 aliphatic carbocycles. The Morgan fingerprint density at radius 3 is 2.79 bits per heavy atom. The van der Waals surface area contributed by atoms with E-state index in [9.17, 15) is 9.18 Å². The largest absolute Gasteiger partial charge is 0.468 e. The van der Waals surface area contributed by atoms with Crippen LogP contribution >= 0.6 is 11.8 Å². The van der Waals surface area contributed by atoms with Crippen molar-refractivity contribution in [2.75, 3.05) is 7.11 Å². The maximum Gasteiger partial charge on any atom is 0.318 e. The number of ether oxygens (including phenoxy) is 1. The number of carbonyl (C=O) groups excluding carboxylic acids is 1. The van der Waals surface area contributed by atoms with E-state index in [1.165, 1.54) is 37.3 Å². The first-order chi connectivity index (χ1) is 11.6. The van der Waals surface area contributed by atoms with Crippen molar-refractivity contribution in [1.82, 2.24) is 25.0 Å². The second-order valence-corrected chi connectivity index (χ2v) is 6.34. The number of rotatable bonds is 5. The quantitative estimate of drug-likeness (QED) is 0.397. The molecule has 3 rings (SSSR count). The number of hydrogen-bond donors (Lipinski definition) is 0. The molecule has 0 amide bonds. The topological polar surface area (TPSA) is 82.8 Å². The van der Waals surface area contributed by atoms with Crippen LogP contribution in [0.15, 0.2) is 35.6 Å². The number of benzene rings is 1. The van der Waals surface area contributed by atoms with E-state index in [4.69, 9.17) is 4.74 Å². The van der Waals surface area contributed by atoms with Crippen molar-refractivity contribution in [3.63, 3.8) is 0 Å². The van der Waals surface area contributed by atoms with Crippen LogP contribution in [0.1, 0.15) is 12.5 Å². The zero-order valence-electron chi connectivity index (χ0n) is 13.0. The first-order valence-corrected chi connectivity index (χ1v) is 7.99. The van der Waals surface area contributed by atoms with Crippen molar-refractivity contribution in [3.05, 3.63) is 42.0 Å². The van der Waals surface area contributed by atoms with Crippen LogP contribution in [0, 0.1) is 5.82 Å². The molecule has 2 heterocycles. The second kappa shape index (κ2) is 6.91. The molecular formula is C15H14FN5O2S. The van der Waals surface area contributed by atoms with Gasteiger partial charge in [-0.1, -0.05) is 29.1 Å². The van der Waals surface area contributed by atoms with Gasteiger partial charge in [0.1, 0.15) is 22.4 Å². The molecule has 0 bridgehead atoms. The van der Waals surface area contributed by atoms with Crippen LogP contribution in [0.5, 0.6) is 0 Å². The van der Waals surface area contributed by atoms with E-state index in [1.807, 2.05) is 0 Å². The fourth-order valence-corrected chi connectivity index (χ4v) is 2.99. The minimum absolute atomic E-state index is 0.292. The number of carbonyl (C=O) groups is 1. The molecule has 2 aromatic heterocycles. The summed E-state index contributed by atoms with van der Waals surface area (Å²) >= 11 is 1.24. The highest BCUT2D eigenvalue weighted by Crippen LogP contribution is 2.27. The molecule has 7 nitrogen and oxygen atoms in total. The Kier molecular flexibility index (Phi) is 4.70. The third kappa shape index (κ3) is 3.35. The van der Waals surface area contributed by atoms with Gasteiger partial charge >= 0.3 is 5.97 Å². The third-order valence-corrected chi connectivity index (χ3v) is 4.40. The van der Waals surface area contributed by atoms with Gasteiger partial charge < -0.3 is 4.74 Å². The maximum absolute atomic E-state index is 13.0. The van der Waals surface area contributed by atoms with Gasteiger partial charge in [0.15, 0.2) is 11.2 Å². The fourth-order valence-electron chi connectivity index (χ4n) is 2.11. The Balaban J connectivity index is 1.88. The predicted molar refractivity (Wildman–Crippen MR) is 86.0 cm³/mol. The lowest BCUT2D eigenvalue weighted by Crippen LogP contribution is -2.14. The number of thioether (sulfide) groups is 1. The van der Waals surface area contributed by atoms with Gasteiger partial charge in [-0.25, -0.2) is 19.0 Å². The first-order valence-electron chi connectivity index (χ1n) is 7.11. The number of halogens is 1. The molecule has 1 unspecified atom stereocenters. The Bertz CT molecular complexity index is 868. The van der Waals surface area contributed by atoms with Gasteiger partial charge in [0.25, 0.3) is 0 Å². The Morgan fingerprint density at radius 1 is 1.33 bits per heavy atom. The first kappa shape index (κ1) is 16.3. The third-order valence-electron chi connectivity index (χ3n) is 3.33. The van der Waals surface area contributed by atoms with Gasteiger partial charge in [0.2, 0.25) is 0 Å². The smallest absolute Gasteiger partial charge is 0.318 e. The van der Waals surface area contributed by atoms with E-state index in [2.05, 4.69) is 20.3 Å². The molecule has 0 saturated carbocycles. The molecule has 0 aliphatic rings. The number of hydrogen-bond acceptors (Lipinski definition) is 7. The number of aromatic nitrogens is 5. The zero-order valence-corrected chi connectivity index (χ0v) is 13.8. The molecule has 1 aromatic carbocycles. The highest BCUT2D eigenvalue weighted by molar-refractivity contribution is 8.00. The van der Waals surface area contributed by atoms with E-state index >= 15 is 0 Å². The summed E-state index contributed by atoms with van der Waals surface area (Å²) in [6, 6.07) is 6.14. The van der Waals surface area contributed by atoms with Crippen LogP contribution in [0.25, 0.3) is 11.2 Å². The van der Waals surface area contributed by atoms with Gasteiger partial charge in [-0.05, 0) is 24.6 Å². The summed E-state index contributed by atoms with van der Waals surface area (Å²) in [7, 11) is 1.34. The highest BCUT2D eigenvalue weighted by atomic mass is 32.2. The van der Waals surface area contributed by atoms with E-state index < -0.39 is 5.25 Å². The molecule has 0 radical (unpaired) electrons. The fraction of sp³-hybridized carbons (Fsp3) is 0.267. The van der Waals surface area contributed by atoms with Gasteiger partial charge in [-0.15, -0.1) is 5.10 Å². The average molecular weight is 347 g/mol. The second-order valence-electron chi connectivity index (χ2n) is 5.01. The maximum atomic E-state index is 13.0. The molecule has 0 saturated heterocycles. The summed E-state index contributed by atoms with van der Waals surface area (Å²) in [6.07, 6.45) is 1.40. The lowest BCUT2D eigenvalue weighted by Gasteiger charge is -2.07. The van der Waals surface area contributed by atoms with Crippen molar-refractivity contribution in [2.45, 2.75) is 23.7 Å². The van der Waals surface area contributed by atoms with Crippen molar-refractivity contribution >= 4 is 28.9 Å². The monoisotopic (exact) mass is 347 g/mol. The zero-order chi connectivity index (χ0) is 17.1. The van der Waals surface area contributed by atoms with Crippen LogP contribution < -0.4 is 0 Å². The lowest BCUT2D eigenvalue weighted by atomic mass is 10.2. The van der Waals surface area contributed by atoms with E-state index in [0.29, 0.717) is 22.7 Å². The predicted octanol–water partition coefficient (Wildman–Crippen LogP) is 2.06. The standard InChI is InChI=1S/C15H14FN5O2S/c1-9(15(22)23-2)24-14-12-13(17-8-18-14)21(20-19-12)7-10-3-5-11(16)6-4-10/h3-6,8-9H,7H2,1-2H3. The van der Waals surface area contributed by atoms with Crippen LogP contribution in [-0.2, 0) is 16.1 Å². The summed E-state index contributed by atoms with van der Waals surface area (Å²) in [6.45, 7) is 2.14. The number of esters is 1. The molecule has 0 aliphatic heterocycles. The van der Waals surface area contributed by atoms with Crippen LogP contribution in [0.4, 0.5) is 4.39 Å². The molecule has 9 heteroatoms. The number of fused-ring (bicyclic) bond motifs is 1. The number of nitrogens with zero attached hydrogens (tertiary/aromatic N) is 5. The molecule has 0 spiro atoms. The Hall–Kier alpha value is -2.55. The van der Waals surface area contributed by atoms with Gasteiger partial charge in [-0.3, -0.25) is 4.79 Å². The van der Waals surface area contributed by atoms with Crippen LogP contribution in [0.3, 0.4) is 0 Å². The summed E-state index contributed by atoms with van der Waals surface area (Å²) in [5, 5.41) is 8.34. The molecule has 0 N–H and O–H groups in total. The minimum Gasteiger partial charge on any atom is -0.468 e. The lowest BCUT2D eigenvalue weighted by molar-refractivity contribution is -0.139. The summed E-state index contributed by atoms with van der Waals surface area (Å²) in [5.74, 6) is -0.634. The van der Waals surface area contributed by atoms with Crippen molar-refractivity contribution < 1.29 is 13.9 Å².